The zero-order chi connectivity index (χ0) is 22.5. The van der Waals surface area contributed by atoms with E-state index in [9.17, 15) is 9.18 Å². The van der Waals surface area contributed by atoms with Crippen LogP contribution in [0.25, 0.3) is 0 Å². The lowest BCUT2D eigenvalue weighted by Gasteiger charge is -2.09. The number of anilines is 1. The minimum absolute atomic E-state index is 0.160. The average molecular weight is 434 g/mol. The minimum atomic E-state index is -0.426. The molecule has 1 amide bonds. The third-order valence-electron chi connectivity index (χ3n) is 4.80. The van der Waals surface area contributed by atoms with Gasteiger partial charge in [-0.05, 0) is 47.4 Å². The number of hydrogen-bond donors (Lipinski definition) is 1. The van der Waals surface area contributed by atoms with Gasteiger partial charge >= 0.3 is 0 Å². The maximum absolute atomic E-state index is 13.0. The topological polar surface area (TPSA) is 86.9 Å². The summed E-state index contributed by atoms with van der Waals surface area (Å²) in [6.45, 7) is 4.86. The van der Waals surface area contributed by atoms with Crippen LogP contribution < -0.4 is 10.1 Å². The van der Waals surface area contributed by atoms with E-state index in [1.807, 2.05) is 24.3 Å². The third-order valence-corrected chi connectivity index (χ3v) is 4.80. The highest BCUT2D eigenvalue weighted by molar-refractivity contribution is 6.01. The predicted molar refractivity (Wildman–Crippen MR) is 117 cm³/mol. The summed E-state index contributed by atoms with van der Waals surface area (Å²) < 4.78 is 21.8. The number of nitrogens with one attached hydrogen (secondary N) is 1. The van der Waals surface area contributed by atoms with E-state index in [1.165, 1.54) is 28.7 Å². The van der Waals surface area contributed by atoms with Crippen LogP contribution in [0.5, 0.6) is 5.75 Å². The molecule has 8 nitrogen and oxygen atoms in total. The van der Waals surface area contributed by atoms with E-state index in [0.29, 0.717) is 12.5 Å². The lowest BCUT2D eigenvalue weighted by Crippen LogP contribution is -2.15. The van der Waals surface area contributed by atoms with Gasteiger partial charge in [-0.25, -0.2) is 18.7 Å². The number of aromatic nitrogens is 5. The first-order valence-corrected chi connectivity index (χ1v) is 10.2. The van der Waals surface area contributed by atoms with Crippen molar-refractivity contribution in [2.45, 2.75) is 33.0 Å². The summed E-state index contributed by atoms with van der Waals surface area (Å²) in [7, 11) is 0. The molecule has 0 radical (unpaired) electrons. The Kier molecular flexibility index (Phi) is 6.25. The third kappa shape index (κ3) is 5.37. The molecular formula is C23H23FN6O2. The molecule has 2 aromatic carbocycles. The van der Waals surface area contributed by atoms with Crippen molar-refractivity contribution >= 4 is 11.9 Å². The molecule has 32 heavy (non-hydrogen) atoms. The fourth-order valence-corrected chi connectivity index (χ4v) is 3.01. The molecule has 0 saturated heterocycles. The molecule has 4 rings (SSSR count). The van der Waals surface area contributed by atoms with Crippen molar-refractivity contribution in [3.63, 3.8) is 0 Å². The van der Waals surface area contributed by atoms with E-state index < -0.39 is 5.91 Å². The normalized spacial score (nSPS) is 11.0. The molecule has 164 valence electrons. The number of amides is 1. The van der Waals surface area contributed by atoms with Crippen LogP contribution >= 0.6 is 0 Å². The first kappa shape index (κ1) is 21.2. The van der Waals surface area contributed by atoms with Gasteiger partial charge in [0, 0.05) is 6.20 Å². The predicted octanol–water partition coefficient (Wildman–Crippen LogP) is 4.07. The van der Waals surface area contributed by atoms with Crippen LogP contribution in [0.15, 0.2) is 67.1 Å². The monoisotopic (exact) mass is 434 g/mol. The molecule has 9 heteroatoms. The van der Waals surface area contributed by atoms with Crippen LogP contribution in [0.4, 0.5) is 10.3 Å². The minimum Gasteiger partial charge on any atom is -0.471 e. The molecule has 2 heterocycles. The van der Waals surface area contributed by atoms with Crippen molar-refractivity contribution in [1.82, 2.24) is 24.5 Å². The van der Waals surface area contributed by atoms with Gasteiger partial charge in [-0.2, -0.15) is 5.10 Å². The molecule has 0 spiro atoms. The number of rotatable bonds is 8. The highest BCUT2D eigenvalue weighted by Crippen LogP contribution is 2.18. The first-order valence-electron chi connectivity index (χ1n) is 10.2. The van der Waals surface area contributed by atoms with Crippen molar-refractivity contribution in [2.75, 3.05) is 5.32 Å². The molecule has 0 unspecified atom stereocenters. The van der Waals surface area contributed by atoms with Gasteiger partial charge in [0.05, 0.1) is 6.54 Å². The summed E-state index contributed by atoms with van der Waals surface area (Å²) in [5.74, 6) is 0.624. The Morgan fingerprint density at radius 3 is 2.50 bits per heavy atom. The zero-order valence-electron chi connectivity index (χ0n) is 17.8. The second kappa shape index (κ2) is 9.42. The molecule has 0 fully saturated rings. The van der Waals surface area contributed by atoms with Crippen LogP contribution in [0.3, 0.4) is 0 Å². The molecule has 0 bridgehead atoms. The Bertz CT molecular complexity index is 1180. The highest BCUT2D eigenvalue weighted by atomic mass is 19.1. The van der Waals surface area contributed by atoms with Gasteiger partial charge in [0.15, 0.2) is 12.4 Å². The van der Waals surface area contributed by atoms with Crippen molar-refractivity contribution in [1.29, 1.82) is 0 Å². The van der Waals surface area contributed by atoms with E-state index in [4.69, 9.17) is 4.74 Å². The van der Waals surface area contributed by atoms with E-state index in [0.717, 1.165) is 11.3 Å². The zero-order valence-corrected chi connectivity index (χ0v) is 17.8. The maximum atomic E-state index is 13.0. The van der Waals surface area contributed by atoms with Crippen LogP contribution in [0, 0.1) is 5.82 Å². The van der Waals surface area contributed by atoms with Gasteiger partial charge in [-0.3, -0.25) is 10.1 Å². The number of benzene rings is 2. The van der Waals surface area contributed by atoms with Crippen molar-refractivity contribution in [3.05, 3.63) is 89.8 Å². The number of ether oxygens (including phenoxy) is 1. The number of hydrogen-bond acceptors (Lipinski definition) is 5. The van der Waals surface area contributed by atoms with Crippen LogP contribution in [-0.4, -0.2) is 30.5 Å². The number of halogens is 1. The molecule has 0 aliphatic heterocycles. The quantitative estimate of drug-likeness (QED) is 0.452. The Balaban J connectivity index is 1.31. The second-order valence-electron chi connectivity index (χ2n) is 7.58. The Labute approximate surface area is 184 Å². The van der Waals surface area contributed by atoms with Crippen molar-refractivity contribution in [2.24, 2.45) is 0 Å². The Hall–Kier alpha value is -4.01. The summed E-state index contributed by atoms with van der Waals surface area (Å²) in [4.78, 5) is 16.5. The molecule has 1 N–H and O–H groups in total. The van der Waals surface area contributed by atoms with Gasteiger partial charge in [0.1, 0.15) is 17.9 Å². The number of nitrogens with zero attached hydrogens (tertiary/aromatic N) is 5. The summed E-state index contributed by atoms with van der Waals surface area (Å²) >= 11 is 0. The molecule has 0 aliphatic rings. The molecule has 0 atom stereocenters. The summed E-state index contributed by atoms with van der Waals surface area (Å²) in [5, 5.41) is 11.1. The molecule has 4 aromatic rings. The van der Waals surface area contributed by atoms with Gasteiger partial charge in [-0.1, -0.05) is 38.1 Å². The smallest absolute Gasteiger partial charge is 0.278 e. The Morgan fingerprint density at radius 2 is 1.78 bits per heavy atom. The Morgan fingerprint density at radius 1 is 1.03 bits per heavy atom. The van der Waals surface area contributed by atoms with Gasteiger partial charge in [-0.15, -0.1) is 5.10 Å². The summed E-state index contributed by atoms with van der Waals surface area (Å²) in [6, 6.07) is 15.6. The van der Waals surface area contributed by atoms with Crippen molar-refractivity contribution < 1.29 is 13.9 Å². The van der Waals surface area contributed by atoms with E-state index >= 15 is 0 Å². The summed E-state index contributed by atoms with van der Waals surface area (Å²) in [6.07, 6.45) is 3.16. The lowest BCUT2D eigenvalue weighted by atomic mass is 10.0. The molecular weight excluding hydrogens is 411 g/mol. The average Bonchev–Trinajstić information content (AvgIpc) is 3.44. The highest BCUT2D eigenvalue weighted by Gasteiger charge is 2.13. The summed E-state index contributed by atoms with van der Waals surface area (Å²) in [5.41, 5.74) is 2.33. The van der Waals surface area contributed by atoms with Crippen LogP contribution in [-0.2, 0) is 13.3 Å². The van der Waals surface area contributed by atoms with Gasteiger partial charge < -0.3 is 4.74 Å². The fraction of sp³-hybridized carbons (Fsp3) is 0.217. The standard InChI is InChI=1S/C23H23FN6O2/c1-16(2)18-5-9-20(10-6-18)32-15-29-12-11-21(27-29)22(31)26-23-25-14-30(28-23)13-17-3-7-19(24)8-4-17/h3-12,14,16H,13,15H2,1-2H3,(H,26,28,31). The van der Waals surface area contributed by atoms with Gasteiger partial charge in [0.25, 0.3) is 5.91 Å². The second-order valence-corrected chi connectivity index (χ2v) is 7.58. The van der Waals surface area contributed by atoms with E-state index in [-0.39, 0.29) is 24.2 Å². The fourth-order valence-electron chi connectivity index (χ4n) is 3.01. The van der Waals surface area contributed by atoms with Crippen LogP contribution in [0.2, 0.25) is 0 Å². The number of carbonyl (C=O) groups excluding carboxylic acids is 1. The number of carbonyl (C=O) groups is 1. The van der Waals surface area contributed by atoms with Crippen LogP contribution in [0.1, 0.15) is 41.4 Å². The molecule has 2 aromatic heterocycles. The molecule has 0 saturated carbocycles. The largest absolute Gasteiger partial charge is 0.471 e. The van der Waals surface area contributed by atoms with Gasteiger partial charge in [0.2, 0.25) is 5.95 Å². The first-order chi connectivity index (χ1) is 15.5. The maximum Gasteiger partial charge on any atom is 0.278 e. The molecule has 0 aliphatic carbocycles. The SMILES string of the molecule is CC(C)c1ccc(OCn2ccc(C(=O)Nc3ncn(Cc4ccc(F)cc4)n3)n2)cc1. The van der Waals surface area contributed by atoms with E-state index in [2.05, 4.69) is 34.3 Å². The van der Waals surface area contributed by atoms with E-state index in [1.54, 1.807) is 29.1 Å². The lowest BCUT2D eigenvalue weighted by molar-refractivity contribution is 0.101. The van der Waals surface area contributed by atoms with Crippen molar-refractivity contribution in [3.8, 4) is 5.75 Å².